The van der Waals surface area contributed by atoms with Crippen molar-refractivity contribution in [2.45, 2.75) is 56.7 Å². The molecule has 1 unspecified atom stereocenters. The molecule has 2 aromatic rings. The summed E-state index contributed by atoms with van der Waals surface area (Å²) in [4.78, 5) is 12.5. The molecule has 7 heteroatoms. The highest BCUT2D eigenvalue weighted by Crippen LogP contribution is 2.29. The molecule has 1 heterocycles. The van der Waals surface area contributed by atoms with Crippen molar-refractivity contribution in [3.05, 3.63) is 29.3 Å². The molecule has 0 saturated carbocycles. The summed E-state index contributed by atoms with van der Waals surface area (Å²) in [6.07, 6.45) is 0.0154. The summed E-state index contributed by atoms with van der Waals surface area (Å²) in [5.74, 6) is 0.543. The smallest absolute Gasteiger partial charge is 0.267 e. The first-order valence-electron chi connectivity index (χ1n) is 7.94. The number of thioether (sulfide) groups is 1. The van der Waals surface area contributed by atoms with Gasteiger partial charge in [-0.25, -0.2) is 0 Å². The first kappa shape index (κ1) is 18.7. The molecular weight excluding hydrogens is 342 g/mol. The number of nitrogens with zero attached hydrogens (tertiary/aromatic N) is 2. The van der Waals surface area contributed by atoms with Crippen LogP contribution in [0.15, 0.2) is 22.5 Å². The maximum Gasteiger partial charge on any atom is 0.267 e. The van der Waals surface area contributed by atoms with E-state index in [1.165, 1.54) is 11.3 Å². The van der Waals surface area contributed by atoms with Gasteiger partial charge >= 0.3 is 0 Å². The molecule has 1 atom stereocenters. The molecule has 0 aliphatic rings. The minimum absolute atomic E-state index is 0.198. The van der Waals surface area contributed by atoms with Gasteiger partial charge in [0.2, 0.25) is 5.13 Å². The number of benzene rings is 1. The summed E-state index contributed by atoms with van der Waals surface area (Å²) in [6, 6.07) is 5.97. The van der Waals surface area contributed by atoms with Crippen LogP contribution in [0.3, 0.4) is 0 Å². The molecule has 24 heavy (non-hydrogen) atoms. The van der Waals surface area contributed by atoms with E-state index in [4.69, 9.17) is 4.74 Å². The third kappa shape index (κ3) is 5.21. The van der Waals surface area contributed by atoms with Gasteiger partial charge in [-0.05, 0) is 37.5 Å². The van der Waals surface area contributed by atoms with E-state index in [0.717, 1.165) is 21.2 Å². The van der Waals surface area contributed by atoms with Crippen molar-refractivity contribution in [3.63, 3.8) is 0 Å². The quantitative estimate of drug-likeness (QED) is 0.580. The fourth-order valence-corrected chi connectivity index (χ4v) is 3.98. The molecule has 1 aromatic heterocycles. The third-order valence-electron chi connectivity index (χ3n) is 3.25. The highest BCUT2D eigenvalue weighted by molar-refractivity contribution is 8.01. The topological polar surface area (TPSA) is 64.1 Å². The lowest BCUT2D eigenvalue weighted by Crippen LogP contribution is -2.32. The van der Waals surface area contributed by atoms with Crippen molar-refractivity contribution in [2.75, 3.05) is 5.32 Å². The zero-order valence-electron chi connectivity index (χ0n) is 14.6. The average molecular weight is 366 g/mol. The van der Waals surface area contributed by atoms with Gasteiger partial charge in [0.15, 0.2) is 10.4 Å². The lowest BCUT2D eigenvalue weighted by Gasteiger charge is -2.18. The zero-order chi connectivity index (χ0) is 17.7. The standard InChI is InChI=1S/C17H23N3O2S2/c1-6-13(22-14-9-11(4)7-8-12(14)5)15(21)18-16-19-20-17(24-16)23-10(2)3/h7-10,13H,6H2,1-5H3,(H,18,19,21). The van der Waals surface area contributed by atoms with Gasteiger partial charge in [-0.3, -0.25) is 10.1 Å². The zero-order valence-corrected chi connectivity index (χ0v) is 16.3. The summed E-state index contributed by atoms with van der Waals surface area (Å²) < 4.78 is 6.77. The first-order valence-corrected chi connectivity index (χ1v) is 9.63. The number of hydrogen-bond acceptors (Lipinski definition) is 6. The molecule has 0 radical (unpaired) electrons. The van der Waals surface area contributed by atoms with Crippen LogP contribution in [0.1, 0.15) is 38.3 Å². The molecule has 0 fully saturated rings. The van der Waals surface area contributed by atoms with E-state index in [1.54, 1.807) is 11.8 Å². The van der Waals surface area contributed by atoms with Crippen LogP contribution in [0, 0.1) is 13.8 Å². The van der Waals surface area contributed by atoms with E-state index in [-0.39, 0.29) is 5.91 Å². The van der Waals surface area contributed by atoms with Crippen molar-refractivity contribution < 1.29 is 9.53 Å². The monoisotopic (exact) mass is 365 g/mol. The van der Waals surface area contributed by atoms with Gasteiger partial charge < -0.3 is 4.74 Å². The molecule has 0 aliphatic heterocycles. The van der Waals surface area contributed by atoms with Crippen LogP contribution in [0.4, 0.5) is 5.13 Å². The SMILES string of the molecule is CCC(Oc1cc(C)ccc1C)C(=O)Nc1nnc(SC(C)C)s1. The molecule has 1 amide bonds. The van der Waals surface area contributed by atoms with Crippen LogP contribution in [-0.2, 0) is 4.79 Å². The Morgan fingerprint density at radius 2 is 2.08 bits per heavy atom. The van der Waals surface area contributed by atoms with Gasteiger partial charge in [0, 0.05) is 5.25 Å². The van der Waals surface area contributed by atoms with Crippen LogP contribution in [0.5, 0.6) is 5.75 Å². The molecule has 0 saturated heterocycles. The Kier molecular flexibility index (Phi) is 6.62. The van der Waals surface area contributed by atoms with Crippen LogP contribution >= 0.6 is 23.1 Å². The number of hydrogen-bond donors (Lipinski definition) is 1. The minimum atomic E-state index is -0.560. The van der Waals surface area contributed by atoms with Crippen molar-refractivity contribution in [1.82, 2.24) is 10.2 Å². The fourth-order valence-electron chi connectivity index (χ4n) is 2.01. The molecule has 1 N–H and O–H groups in total. The Bertz CT molecular complexity index is 701. The van der Waals surface area contributed by atoms with Crippen molar-refractivity contribution >= 4 is 34.1 Å². The third-order valence-corrected chi connectivity index (χ3v) is 5.18. The van der Waals surface area contributed by atoms with Crippen molar-refractivity contribution in [2.24, 2.45) is 0 Å². The van der Waals surface area contributed by atoms with Crippen molar-refractivity contribution in [3.8, 4) is 5.75 Å². The van der Waals surface area contributed by atoms with E-state index in [9.17, 15) is 4.79 Å². The summed E-state index contributed by atoms with van der Waals surface area (Å²) in [7, 11) is 0. The summed E-state index contributed by atoms with van der Waals surface area (Å²) in [5.41, 5.74) is 2.11. The second-order valence-corrected chi connectivity index (χ2v) is 8.61. The molecular formula is C17H23N3O2S2. The number of aromatic nitrogens is 2. The summed E-state index contributed by atoms with van der Waals surface area (Å²) >= 11 is 3.01. The summed E-state index contributed by atoms with van der Waals surface area (Å²) in [5, 5.41) is 11.8. The van der Waals surface area contributed by atoms with Gasteiger partial charge in [0.05, 0.1) is 0 Å². The number of nitrogens with one attached hydrogen (secondary N) is 1. The molecule has 130 valence electrons. The first-order chi connectivity index (χ1) is 11.4. The number of aryl methyl sites for hydroxylation is 2. The number of rotatable bonds is 7. The van der Waals surface area contributed by atoms with E-state index < -0.39 is 6.10 Å². The van der Waals surface area contributed by atoms with E-state index in [2.05, 4.69) is 29.4 Å². The van der Waals surface area contributed by atoms with Crippen LogP contribution in [-0.4, -0.2) is 27.5 Å². The molecule has 0 aliphatic carbocycles. The second-order valence-electron chi connectivity index (χ2n) is 5.81. The number of ether oxygens (including phenoxy) is 1. The molecule has 0 spiro atoms. The van der Waals surface area contributed by atoms with Gasteiger partial charge in [-0.15, -0.1) is 10.2 Å². The molecule has 2 rings (SSSR count). The Hall–Kier alpha value is -1.60. The maximum atomic E-state index is 12.5. The Labute approximate surface area is 151 Å². The second kappa shape index (κ2) is 8.48. The number of anilines is 1. The Morgan fingerprint density at radius 3 is 2.75 bits per heavy atom. The normalized spacial score (nSPS) is 12.2. The molecule has 0 bridgehead atoms. The maximum absolute atomic E-state index is 12.5. The van der Waals surface area contributed by atoms with E-state index in [1.807, 2.05) is 39.0 Å². The lowest BCUT2D eigenvalue weighted by atomic mass is 10.1. The van der Waals surface area contributed by atoms with Gasteiger partial charge in [0.1, 0.15) is 5.75 Å². The van der Waals surface area contributed by atoms with Crippen molar-refractivity contribution in [1.29, 1.82) is 0 Å². The van der Waals surface area contributed by atoms with E-state index >= 15 is 0 Å². The summed E-state index contributed by atoms with van der Waals surface area (Å²) in [6.45, 7) is 10.1. The number of amides is 1. The largest absolute Gasteiger partial charge is 0.480 e. The highest BCUT2D eigenvalue weighted by Gasteiger charge is 2.21. The molecule has 5 nitrogen and oxygen atoms in total. The van der Waals surface area contributed by atoms with Crippen LogP contribution < -0.4 is 10.1 Å². The van der Waals surface area contributed by atoms with Gasteiger partial charge in [-0.2, -0.15) is 0 Å². The molecule has 1 aromatic carbocycles. The van der Waals surface area contributed by atoms with Crippen LogP contribution in [0.25, 0.3) is 0 Å². The van der Waals surface area contributed by atoms with Gasteiger partial charge in [-0.1, -0.05) is 56.0 Å². The predicted molar refractivity (Wildman–Crippen MR) is 100 cm³/mol. The number of carbonyl (C=O) groups is 1. The van der Waals surface area contributed by atoms with Crippen LogP contribution in [0.2, 0.25) is 0 Å². The average Bonchev–Trinajstić information content (AvgIpc) is 2.94. The lowest BCUT2D eigenvalue weighted by molar-refractivity contribution is -0.122. The van der Waals surface area contributed by atoms with Gasteiger partial charge in [0.25, 0.3) is 5.91 Å². The van der Waals surface area contributed by atoms with E-state index in [0.29, 0.717) is 16.8 Å². The fraction of sp³-hybridized carbons (Fsp3) is 0.471. The predicted octanol–water partition coefficient (Wildman–Crippen LogP) is 4.45. The Morgan fingerprint density at radius 1 is 1.33 bits per heavy atom. The highest BCUT2D eigenvalue weighted by atomic mass is 32.2. The minimum Gasteiger partial charge on any atom is -0.480 e. The number of carbonyl (C=O) groups excluding carboxylic acids is 1. The Balaban J connectivity index is 2.03.